The minimum atomic E-state index is -4.49. The van der Waals surface area contributed by atoms with Crippen molar-refractivity contribution < 1.29 is 42.2 Å². The Hall–Kier alpha value is -3.82. The minimum absolute atomic E-state index is 0.00262. The molecular formula is C22H21F2NO7. The molecule has 2 aromatic carbocycles. The van der Waals surface area contributed by atoms with E-state index >= 15 is 0 Å². The van der Waals surface area contributed by atoms with Gasteiger partial charge in [0.2, 0.25) is 0 Å². The molecule has 2 rings (SSSR count). The Bertz CT molecular complexity index is 920. The molecular weight excluding hydrogens is 428 g/mol. The van der Waals surface area contributed by atoms with Crippen molar-refractivity contribution >= 4 is 23.8 Å². The number of alkyl halides is 2. The lowest BCUT2D eigenvalue weighted by Gasteiger charge is -2.15. The fourth-order valence-electron chi connectivity index (χ4n) is 2.32. The summed E-state index contributed by atoms with van der Waals surface area (Å²) in [6.07, 6.45) is -6.53. The highest BCUT2D eigenvalue weighted by Crippen LogP contribution is 2.19. The SMILES string of the molecule is O=C(CCC(=O)OC(F)(F)C(=O)OCc1ccccc1)CNC(=O)OCc1ccccc1. The van der Waals surface area contributed by atoms with Gasteiger partial charge in [-0.15, -0.1) is 0 Å². The van der Waals surface area contributed by atoms with Crippen molar-refractivity contribution in [3.63, 3.8) is 0 Å². The lowest BCUT2D eigenvalue weighted by atomic mass is 10.2. The molecule has 0 bridgehead atoms. The molecule has 0 saturated heterocycles. The third kappa shape index (κ3) is 8.90. The number of carbonyl (C=O) groups excluding carboxylic acids is 4. The zero-order valence-corrected chi connectivity index (χ0v) is 16.9. The van der Waals surface area contributed by atoms with E-state index in [0.717, 1.165) is 5.56 Å². The molecule has 8 nitrogen and oxygen atoms in total. The number of benzene rings is 2. The van der Waals surface area contributed by atoms with Crippen LogP contribution in [-0.4, -0.2) is 36.5 Å². The molecule has 10 heteroatoms. The summed E-state index contributed by atoms with van der Waals surface area (Å²) in [6, 6.07) is 16.9. The average molecular weight is 449 g/mol. The Kier molecular flexibility index (Phi) is 9.27. The first-order chi connectivity index (χ1) is 15.3. The number of hydrogen-bond acceptors (Lipinski definition) is 7. The number of halogens is 2. The lowest BCUT2D eigenvalue weighted by Crippen LogP contribution is -2.36. The first-order valence-electron chi connectivity index (χ1n) is 9.53. The molecule has 0 aromatic heterocycles. The Labute approximate surface area is 182 Å². The molecule has 0 saturated carbocycles. The highest BCUT2D eigenvalue weighted by molar-refractivity contribution is 5.87. The standard InChI is InChI=1S/C22H21F2NO7/c23-22(24,20(28)30-14-16-7-3-1-4-8-16)32-19(27)12-11-18(26)13-25-21(29)31-15-17-9-5-2-6-10-17/h1-10H,11-15H2,(H,25,29). The quantitative estimate of drug-likeness (QED) is 0.415. The van der Waals surface area contributed by atoms with Crippen LogP contribution in [0.5, 0.6) is 0 Å². The number of esters is 2. The maximum absolute atomic E-state index is 13.7. The molecule has 0 atom stereocenters. The molecule has 1 amide bonds. The van der Waals surface area contributed by atoms with E-state index in [2.05, 4.69) is 14.8 Å². The summed E-state index contributed by atoms with van der Waals surface area (Å²) in [4.78, 5) is 46.3. The molecule has 2 aromatic rings. The van der Waals surface area contributed by atoms with Crippen molar-refractivity contribution in [1.29, 1.82) is 0 Å². The van der Waals surface area contributed by atoms with Crippen LogP contribution in [-0.2, 0) is 41.8 Å². The molecule has 0 spiro atoms. The van der Waals surface area contributed by atoms with Crippen LogP contribution in [0, 0.1) is 0 Å². The van der Waals surface area contributed by atoms with Crippen molar-refractivity contribution in [3.8, 4) is 0 Å². The van der Waals surface area contributed by atoms with Crippen molar-refractivity contribution in [3.05, 3.63) is 71.8 Å². The predicted molar refractivity (Wildman–Crippen MR) is 106 cm³/mol. The van der Waals surface area contributed by atoms with Gasteiger partial charge in [-0.1, -0.05) is 60.7 Å². The van der Waals surface area contributed by atoms with Crippen molar-refractivity contribution in [2.45, 2.75) is 32.2 Å². The van der Waals surface area contributed by atoms with Gasteiger partial charge in [-0.25, -0.2) is 9.59 Å². The summed E-state index contributed by atoms with van der Waals surface area (Å²) in [7, 11) is 0. The zero-order valence-electron chi connectivity index (χ0n) is 16.9. The van der Waals surface area contributed by atoms with E-state index in [0.29, 0.717) is 5.56 Å². The summed E-state index contributed by atoms with van der Waals surface area (Å²) in [6.45, 7) is -0.879. The van der Waals surface area contributed by atoms with Crippen LogP contribution in [0.4, 0.5) is 13.6 Å². The monoisotopic (exact) mass is 449 g/mol. The van der Waals surface area contributed by atoms with Gasteiger partial charge in [0, 0.05) is 6.42 Å². The number of hydrogen-bond donors (Lipinski definition) is 1. The van der Waals surface area contributed by atoms with Gasteiger partial charge < -0.3 is 19.5 Å². The lowest BCUT2D eigenvalue weighted by molar-refractivity contribution is -0.245. The molecule has 0 fully saturated rings. The number of carbonyl (C=O) groups is 4. The first kappa shape index (κ1) is 24.4. The molecule has 1 N–H and O–H groups in total. The summed E-state index contributed by atoms with van der Waals surface area (Å²) >= 11 is 0. The maximum Gasteiger partial charge on any atom is 0.504 e. The van der Waals surface area contributed by atoms with Gasteiger partial charge in [0.1, 0.15) is 13.2 Å². The number of ketones is 1. The number of ether oxygens (including phenoxy) is 3. The molecule has 0 radical (unpaired) electrons. The Morgan fingerprint density at radius 3 is 1.88 bits per heavy atom. The number of amides is 1. The molecule has 32 heavy (non-hydrogen) atoms. The van der Waals surface area contributed by atoms with E-state index in [9.17, 15) is 28.0 Å². The van der Waals surface area contributed by atoms with Gasteiger partial charge in [0.05, 0.1) is 13.0 Å². The summed E-state index contributed by atoms with van der Waals surface area (Å²) in [5, 5.41) is 2.19. The normalized spacial score (nSPS) is 10.7. The van der Waals surface area contributed by atoms with Crippen LogP contribution >= 0.6 is 0 Å². The van der Waals surface area contributed by atoms with Gasteiger partial charge >= 0.3 is 24.1 Å². The Balaban J connectivity index is 1.64. The van der Waals surface area contributed by atoms with Gasteiger partial charge in [-0.3, -0.25) is 9.59 Å². The number of Topliss-reactive ketones (excluding diaryl/α,β-unsaturated/α-hetero) is 1. The molecule has 0 aliphatic carbocycles. The highest BCUT2D eigenvalue weighted by Gasteiger charge is 2.46. The number of rotatable bonds is 11. The van der Waals surface area contributed by atoms with E-state index in [-0.39, 0.29) is 6.61 Å². The van der Waals surface area contributed by atoms with Crippen molar-refractivity contribution in [2.24, 2.45) is 0 Å². The number of alkyl carbamates (subject to hydrolysis) is 1. The van der Waals surface area contributed by atoms with E-state index < -0.39 is 55.9 Å². The van der Waals surface area contributed by atoms with Gasteiger partial charge in [0.25, 0.3) is 0 Å². The van der Waals surface area contributed by atoms with Gasteiger partial charge in [0.15, 0.2) is 5.78 Å². The van der Waals surface area contributed by atoms with E-state index in [4.69, 9.17) is 4.74 Å². The second kappa shape index (κ2) is 12.1. The summed E-state index contributed by atoms with van der Waals surface area (Å²) in [5.74, 6) is -4.11. The largest absolute Gasteiger partial charge is 0.504 e. The zero-order chi connectivity index (χ0) is 23.4. The van der Waals surface area contributed by atoms with E-state index in [1.807, 2.05) is 0 Å². The van der Waals surface area contributed by atoms with Crippen molar-refractivity contribution in [1.82, 2.24) is 5.32 Å². The van der Waals surface area contributed by atoms with Crippen LogP contribution in [0.2, 0.25) is 0 Å². The smallest absolute Gasteiger partial charge is 0.453 e. The Morgan fingerprint density at radius 2 is 1.31 bits per heavy atom. The molecule has 0 heterocycles. The second-order valence-corrected chi connectivity index (χ2v) is 6.51. The first-order valence-corrected chi connectivity index (χ1v) is 9.53. The topological polar surface area (TPSA) is 108 Å². The van der Waals surface area contributed by atoms with Gasteiger partial charge in [-0.05, 0) is 11.1 Å². The number of nitrogens with one attached hydrogen (secondary N) is 1. The Morgan fingerprint density at radius 1 is 0.781 bits per heavy atom. The van der Waals surface area contributed by atoms with E-state index in [1.54, 1.807) is 60.7 Å². The van der Waals surface area contributed by atoms with Crippen LogP contribution in [0.3, 0.4) is 0 Å². The van der Waals surface area contributed by atoms with Crippen molar-refractivity contribution in [2.75, 3.05) is 6.54 Å². The van der Waals surface area contributed by atoms with Crippen LogP contribution in [0.1, 0.15) is 24.0 Å². The third-order valence-electron chi connectivity index (χ3n) is 3.94. The van der Waals surface area contributed by atoms with Crippen LogP contribution in [0.15, 0.2) is 60.7 Å². The van der Waals surface area contributed by atoms with E-state index in [1.165, 1.54) is 0 Å². The minimum Gasteiger partial charge on any atom is -0.453 e. The molecule has 0 aliphatic heterocycles. The van der Waals surface area contributed by atoms with Crippen LogP contribution in [0.25, 0.3) is 0 Å². The summed E-state index contributed by atoms with van der Waals surface area (Å²) in [5.41, 5.74) is 1.23. The molecule has 170 valence electrons. The molecule has 0 unspecified atom stereocenters. The highest BCUT2D eigenvalue weighted by atomic mass is 19.3. The fourth-order valence-corrected chi connectivity index (χ4v) is 2.32. The fraction of sp³-hybridized carbons (Fsp3) is 0.273. The third-order valence-corrected chi connectivity index (χ3v) is 3.94. The maximum atomic E-state index is 13.7. The summed E-state index contributed by atoms with van der Waals surface area (Å²) < 4.78 is 40.6. The predicted octanol–water partition coefficient (Wildman–Crippen LogP) is 3.14. The van der Waals surface area contributed by atoms with Gasteiger partial charge in [-0.2, -0.15) is 8.78 Å². The second-order valence-electron chi connectivity index (χ2n) is 6.51. The molecule has 0 aliphatic rings. The van der Waals surface area contributed by atoms with Crippen LogP contribution < -0.4 is 5.32 Å². The average Bonchev–Trinajstić information content (AvgIpc) is 2.79.